The Kier molecular flexibility index (Phi) is 7.73. The van der Waals surface area contributed by atoms with Crippen LogP contribution in [0.5, 0.6) is 5.75 Å². The van der Waals surface area contributed by atoms with Crippen molar-refractivity contribution in [3.63, 3.8) is 0 Å². The van der Waals surface area contributed by atoms with Gasteiger partial charge in [-0.2, -0.15) is 0 Å². The molecule has 2 amide bonds. The summed E-state index contributed by atoms with van der Waals surface area (Å²) in [4.78, 5) is 28.4. The molecule has 3 N–H and O–H groups in total. The van der Waals surface area contributed by atoms with Crippen molar-refractivity contribution in [2.75, 3.05) is 32.8 Å². The summed E-state index contributed by atoms with van der Waals surface area (Å²) in [5.41, 5.74) is 7.07. The van der Waals surface area contributed by atoms with Gasteiger partial charge >= 0.3 is 0 Å². The Morgan fingerprint density at radius 1 is 1.13 bits per heavy atom. The highest BCUT2D eigenvalue weighted by molar-refractivity contribution is 5.98. The molecule has 2 saturated heterocycles. The molecule has 5 rings (SSSR count). The second kappa shape index (κ2) is 11.0. The zero-order chi connectivity index (χ0) is 26.9. The van der Waals surface area contributed by atoms with Crippen LogP contribution in [0.4, 0.5) is 4.39 Å². The Morgan fingerprint density at radius 3 is 2.45 bits per heavy atom. The van der Waals surface area contributed by atoms with Gasteiger partial charge in [0, 0.05) is 30.6 Å². The van der Waals surface area contributed by atoms with Crippen molar-refractivity contribution >= 4 is 11.8 Å². The first kappa shape index (κ1) is 26.6. The highest BCUT2D eigenvalue weighted by Gasteiger charge is 2.38. The third-order valence-electron chi connectivity index (χ3n) is 8.61. The molecule has 0 bridgehead atoms. The predicted molar refractivity (Wildman–Crippen MR) is 143 cm³/mol. The van der Waals surface area contributed by atoms with Crippen molar-refractivity contribution in [3.05, 3.63) is 53.8 Å². The second-order valence-electron chi connectivity index (χ2n) is 11.7. The number of primary amides is 1. The summed E-state index contributed by atoms with van der Waals surface area (Å²) in [6, 6.07) is 10.7. The molecule has 2 heterocycles. The lowest BCUT2D eigenvalue weighted by Gasteiger charge is -2.44. The highest BCUT2D eigenvalue weighted by Crippen LogP contribution is 2.41. The minimum atomic E-state index is -0.892. The Hall–Kier alpha value is -2.97. The molecule has 38 heavy (non-hydrogen) atoms. The van der Waals surface area contributed by atoms with Crippen LogP contribution in [0, 0.1) is 17.2 Å². The quantitative estimate of drug-likeness (QED) is 0.548. The van der Waals surface area contributed by atoms with Gasteiger partial charge in [-0.3, -0.25) is 9.59 Å². The van der Waals surface area contributed by atoms with E-state index in [1.165, 1.54) is 42.8 Å². The fraction of sp³-hybridized carbons (Fsp3) is 0.533. The van der Waals surface area contributed by atoms with Crippen LogP contribution in [0.3, 0.4) is 0 Å². The zero-order valence-corrected chi connectivity index (χ0v) is 22.1. The van der Waals surface area contributed by atoms with Crippen LogP contribution in [-0.4, -0.2) is 71.7 Å². The standard InChI is InChI=1S/C30H38FN3O4/c1-30(11-2-12-30)19-33-13-9-20(10-14-33)18-38-24-6-3-21(4-7-24)25-8-5-22(15-26(25)31)29(37)34-17-23(35)16-27(34)28(32)36/h3-8,15,20,23,27,35H,2,9-14,16-19H2,1H3,(H2,32,36)/t23-,27+/m1/s1. The monoisotopic (exact) mass is 523 g/mol. The number of piperidine rings is 1. The molecule has 3 aliphatic rings. The molecule has 2 aliphatic heterocycles. The number of rotatable bonds is 8. The molecule has 1 aliphatic carbocycles. The molecule has 2 aromatic rings. The van der Waals surface area contributed by atoms with E-state index in [-0.39, 0.29) is 18.5 Å². The number of aliphatic hydroxyl groups is 1. The molecule has 1 saturated carbocycles. The second-order valence-corrected chi connectivity index (χ2v) is 11.7. The lowest BCUT2D eigenvalue weighted by molar-refractivity contribution is -0.121. The topological polar surface area (TPSA) is 96.1 Å². The number of β-amino-alcohol motifs (C(OH)–C–C–N with tert-alkyl or cyclic N) is 1. The molecular formula is C30H38FN3O4. The zero-order valence-electron chi connectivity index (χ0n) is 22.1. The van der Waals surface area contributed by atoms with Gasteiger partial charge in [0.15, 0.2) is 0 Å². The van der Waals surface area contributed by atoms with E-state index in [9.17, 15) is 14.7 Å². The van der Waals surface area contributed by atoms with Crippen molar-refractivity contribution < 1.29 is 23.8 Å². The molecule has 0 aromatic heterocycles. The van der Waals surface area contributed by atoms with Crippen molar-refractivity contribution in [1.82, 2.24) is 9.80 Å². The molecule has 0 spiro atoms. The predicted octanol–water partition coefficient (Wildman–Crippen LogP) is 3.83. The van der Waals surface area contributed by atoms with Crippen LogP contribution in [-0.2, 0) is 4.79 Å². The maximum absolute atomic E-state index is 15.0. The van der Waals surface area contributed by atoms with E-state index >= 15 is 4.39 Å². The van der Waals surface area contributed by atoms with Crippen LogP contribution < -0.4 is 10.5 Å². The first-order chi connectivity index (χ1) is 18.2. The van der Waals surface area contributed by atoms with Gasteiger partial charge < -0.3 is 25.4 Å². The molecule has 2 atom stereocenters. The van der Waals surface area contributed by atoms with Gasteiger partial charge in [0.05, 0.1) is 12.7 Å². The average molecular weight is 524 g/mol. The van der Waals surface area contributed by atoms with Gasteiger partial charge in [0.25, 0.3) is 5.91 Å². The van der Waals surface area contributed by atoms with Gasteiger partial charge in [0.1, 0.15) is 17.6 Å². The first-order valence-electron chi connectivity index (χ1n) is 13.7. The number of benzene rings is 2. The minimum Gasteiger partial charge on any atom is -0.493 e. The van der Waals surface area contributed by atoms with Crippen LogP contribution in [0.2, 0.25) is 0 Å². The molecule has 204 valence electrons. The number of halogens is 1. The number of likely N-dealkylation sites (tertiary alicyclic amines) is 2. The van der Waals surface area contributed by atoms with Gasteiger partial charge in [0.2, 0.25) is 5.91 Å². The maximum atomic E-state index is 15.0. The van der Waals surface area contributed by atoms with Crippen molar-refractivity contribution in [2.24, 2.45) is 17.1 Å². The van der Waals surface area contributed by atoms with Crippen LogP contribution in [0.1, 0.15) is 55.8 Å². The molecular weight excluding hydrogens is 485 g/mol. The number of carbonyl (C=O) groups is 2. The SMILES string of the molecule is CC1(CN2CCC(COc3ccc(-c4ccc(C(=O)N5C[C@H](O)C[C@H]5C(N)=O)cc4F)cc3)CC2)CCC1. The van der Waals surface area contributed by atoms with E-state index in [2.05, 4.69) is 11.8 Å². The Bertz CT molecular complexity index is 1160. The van der Waals surface area contributed by atoms with E-state index in [1.54, 1.807) is 6.07 Å². The van der Waals surface area contributed by atoms with E-state index in [0.717, 1.165) is 31.7 Å². The lowest BCUT2D eigenvalue weighted by Crippen LogP contribution is -2.44. The lowest BCUT2D eigenvalue weighted by atomic mass is 9.70. The molecule has 7 nitrogen and oxygen atoms in total. The summed E-state index contributed by atoms with van der Waals surface area (Å²) < 4.78 is 21.1. The highest BCUT2D eigenvalue weighted by atomic mass is 19.1. The van der Waals surface area contributed by atoms with Gasteiger partial charge in [-0.25, -0.2) is 4.39 Å². The molecule has 3 fully saturated rings. The normalized spacial score (nSPS) is 23.7. The fourth-order valence-electron chi connectivity index (χ4n) is 6.09. The Labute approximate surface area is 223 Å². The summed E-state index contributed by atoms with van der Waals surface area (Å²) in [6.45, 7) is 6.60. The van der Waals surface area contributed by atoms with E-state index in [4.69, 9.17) is 10.5 Å². The third-order valence-corrected chi connectivity index (χ3v) is 8.61. The number of hydrogen-bond donors (Lipinski definition) is 2. The van der Waals surface area contributed by atoms with Crippen LogP contribution in [0.15, 0.2) is 42.5 Å². The fourth-order valence-corrected chi connectivity index (χ4v) is 6.09. The number of aliphatic hydroxyl groups excluding tert-OH is 1. The van der Waals surface area contributed by atoms with E-state index < -0.39 is 29.8 Å². The van der Waals surface area contributed by atoms with Crippen molar-refractivity contribution in [1.29, 1.82) is 0 Å². The first-order valence-corrected chi connectivity index (χ1v) is 13.7. The summed E-state index contributed by atoms with van der Waals surface area (Å²) in [5, 5.41) is 9.87. The number of nitrogens with zero attached hydrogens (tertiary/aromatic N) is 2. The maximum Gasteiger partial charge on any atom is 0.254 e. The number of nitrogens with two attached hydrogens (primary N) is 1. The molecule has 2 aromatic carbocycles. The van der Waals surface area contributed by atoms with E-state index in [0.29, 0.717) is 29.1 Å². The van der Waals surface area contributed by atoms with Crippen LogP contribution >= 0.6 is 0 Å². The van der Waals surface area contributed by atoms with E-state index in [1.807, 2.05) is 24.3 Å². The Balaban J connectivity index is 1.14. The molecule has 0 radical (unpaired) electrons. The number of amides is 2. The van der Waals surface area contributed by atoms with Crippen molar-refractivity contribution in [3.8, 4) is 16.9 Å². The summed E-state index contributed by atoms with van der Waals surface area (Å²) >= 11 is 0. The molecule has 8 heteroatoms. The number of hydrogen-bond acceptors (Lipinski definition) is 5. The van der Waals surface area contributed by atoms with Gasteiger partial charge in [-0.1, -0.05) is 31.5 Å². The third kappa shape index (κ3) is 5.86. The number of carbonyl (C=O) groups excluding carboxylic acids is 2. The largest absolute Gasteiger partial charge is 0.493 e. The molecule has 0 unspecified atom stereocenters. The summed E-state index contributed by atoms with van der Waals surface area (Å²) in [6.07, 6.45) is 5.67. The summed E-state index contributed by atoms with van der Waals surface area (Å²) in [7, 11) is 0. The van der Waals surface area contributed by atoms with Crippen molar-refractivity contribution in [2.45, 2.75) is 57.6 Å². The van der Waals surface area contributed by atoms with Gasteiger partial charge in [-0.15, -0.1) is 0 Å². The van der Waals surface area contributed by atoms with Gasteiger partial charge in [-0.05, 0) is 79.9 Å². The summed E-state index contributed by atoms with van der Waals surface area (Å²) in [5.74, 6) is -0.438. The van der Waals surface area contributed by atoms with Crippen LogP contribution in [0.25, 0.3) is 11.1 Å². The smallest absolute Gasteiger partial charge is 0.254 e. The average Bonchev–Trinajstić information content (AvgIpc) is 3.29. The Morgan fingerprint density at radius 2 is 1.84 bits per heavy atom. The minimum absolute atomic E-state index is 0.00414. The number of ether oxygens (including phenoxy) is 1.